The molecule has 0 aliphatic carbocycles. The number of nitrogens with zero attached hydrogens (tertiary/aromatic N) is 3. The predicted molar refractivity (Wildman–Crippen MR) is 115 cm³/mol. The number of piperazine rings is 1. The molecule has 0 radical (unpaired) electrons. The zero-order valence-corrected chi connectivity index (χ0v) is 17.1. The van der Waals surface area contributed by atoms with Crippen molar-refractivity contribution in [3.05, 3.63) is 57.5 Å². The first-order chi connectivity index (χ1) is 14.4. The first kappa shape index (κ1) is 19.9. The van der Waals surface area contributed by atoms with Gasteiger partial charge in [-0.15, -0.1) is 0 Å². The van der Waals surface area contributed by atoms with Crippen LogP contribution in [0.4, 0.5) is 11.4 Å². The normalized spacial score (nSPS) is 16.5. The second-order valence-corrected chi connectivity index (χ2v) is 7.64. The summed E-state index contributed by atoms with van der Waals surface area (Å²) < 4.78 is 5.05. The highest BCUT2D eigenvalue weighted by Gasteiger charge is 2.27. The minimum Gasteiger partial charge on any atom is -0.408 e. The average Bonchev–Trinajstić information content (AvgIpc) is 3.11. The second-order valence-electron chi connectivity index (χ2n) is 7.24. The molecular weight excluding hydrogens is 406 g/mol. The lowest BCUT2D eigenvalue weighted by atomic mass is 10.1. The Balaban J connectivity index is 1.37. The molecule has 2 aromatic carbocycles. The average molecular weight is 426 g/mol. The van der Waals surface area contributed by atoms with Crippen LogP contribution in [0.5, 0.6) is 0 Å². The van der Waals surface area contributed by atoms with E-state index < -0.39 is 5.76 Å². The van der Waals surface area contributed by atoms with E-state index in [0.29, 0.717) is 47.0 Å². The Morgan fingerprint density at radius 2 is 2.17 bits per heavy atom. The Hall–Kier alpha value is -3.44. The van der Waals surface area contributed by atoms with Crippen molar-refractivity contribution in [3.63, 3.8) is 0 Å². The lowest BCUT2D eigenvalue weighted by Crippen LogP contribution is -2.55. The van der Waals surface area contributed by atoms with Crippen LogP contribution in [-0.2, 0) is 4.79 Å². The zero-order valence-electron chi connectivity index (χ0n) is 16.3. The number of carbonyl (C=O) groups excluding carboxylic acids is 1. The molecule has 0 unspecified atom stereocenters. The van der Waals surface area contributed by atoms with Crippen molar-refractivity contribution in [1.29, 1.82) is 5.26 Å². The van der Waals surface area contributed by atoms with Gasteiger partial charge < -0.3 is 19.5 Å². The molecule has 0 bridgehead atoms. The van der Waals surface area contributed by atoms with Gasteiger partial charge in [0.1, 0.15) is 6.07 Å². The fraction of sp³-hybridized carbons (Fsp3) is 0.286. The fourth-order valence-electron chi connectivity index (χ4n) is 3.69. The van der Waals surface area contributed by atoms with Crippen LogP contribution in [0.3, 0.4) is 0 Å². The number of nitriles is 1. The van der Waals surface area contributed by atoms with Gasteiger partial charge in [-0.3, -0.25) is 9.78 Å². The first-order valence-electron chi connectivity index (χ1n) is 9.55. The molecule has 4 rings (SSSR count). The number of aromatic nitrogens is 1. The minimum absolute atomic E-state index is 0.00779. The molecular formula is C21H20ClN5O3. The Bertz CT molecular complexity index is 1200. The summed E-state index contributed by atoms with van der Waals surface area (Å²) in [4.78, 5) is 30.6. The van der Waals surface area contributed by atoms with Gasteiger partial charge in [-0.25, -0.2) is 4.79 Å². The van der Waals surface area contributed by atoms with E-state index in [4.69, 9.17) is 16.0 Å². The zero-order chi connectivity index (χ0) is 21.3. The van der Waals surface area contributed by atoms with E-state index in [1.54, 1.807) is 30.3 Å². The number of rotatable bonds is 4. The lowest BCUT2D eigenvalue weighted by molar-refractivity contribution is -0.131. The standard InChI is InChI=1S/C21H20ClN5O3/c1-13-12-26(16-3-4-17(22)14(8-16)10-23)6-7-27(13)20(28)11-24-15-2-5-18-19(9-15)30-21(29)25-18/h2-5,8-9,13,24H,6-7,11-12H2,1H3,(H,25,29)/t13-/m1/s1. The Morgan fingerprint density at radius 1 is 1.33 bits per heavy atom. The molecule has 2 heterocycles. The fourth-order valence-corrected chi connectivity index (χ4v) is 3.85. The number of halogens is 1. The van der Waals surface area contributed by atoms with E-state index in [-0.39, 0.29) is 18.5 Å². The molecule has 154 valence electrons. The van der Waals surface area contributed by atoms with Crippen molar-refractivity contribution in [2.24, 2.45) is 0 Å². The molecule has 30 heavy (non-hydrogen) atoms. The van der Waals surface area contributed by atoms with Gasteiger partial charge >= 0.3 is 5.76 Å². The summed E-state index contributed by atoms with van der Waals surface area (Å²) in [5.41, 5.74) is 3.13. The second kappa shape index (κ2) is 8.13. The molecule has 0 saturated carbocycles. The molecule has 0 spiro atoms. The van der Waals surface area contributed by atoms with Crippen molar-refractivity contribution in [3.8, 4) is 6.07 Å². The van der Waals surface area contributed by atoms with Gasteiger partial charge in [-0.2, -0.15) is 5.26 Å². The molecule has 1 atom stereocenters. The van der Waals surface area contributed by atoms with Gasteiger partial charge in [0.25, 0.3) is 0 Å². The third-order valence-corrected chi connectivity index (χ3v) is 5.58. The molecule has 9 heteroatoms. The van der Waals surface area contributed by atoms with Crippen LogP contribution < -0.4 is 16.0 Å². The molecule has 1 amide bonds. The number of oxazole rings is 1. The predicted octanol–water partition coefficient (Wildman–Crippen LogP) is 2.80. The minimum atomic E-state index is -0.507. The molecule has 1 aliphatic heterocycles. The summed E-state index contributed by atoms with van der Waals surface area (Å²) in [7, 11) is 0. The summed E-state index contributed by atoms with van der Waals surface area (Å²) in [6.45, 7) is 4.06. The van der Waals surface area contributed by atoms with Crippen LogP contribution in [0, 0.1) is 11.3 Å². The van der Waals surface area contributed by atoms with Crippen molar-refractivity contribution in [1.82, 2.24) is 9.88 Å². The van der Waals surface area contributed by atoms with Crippen molar-refractivity contribution in [2.75, 3.05) is 36.4 Å². The van der Waals surface area contributed by atoms with Crippen molar-refractivity contribution >= 4 is 40.0 Å². The molecule has 1 aliphatic rings. The maximum atomic E-state index is 12.7. The Kier molecular flexibility index (Phi) is 5.38. The number of H-pyrrole nitrogens is 1. The molecule has 1 saturated heterocycles. The van der Waals surface area contributed by atoms with E-state index in [1.807, 2.05) is 17.9 Å². The summed E-state index contributed by atoms with van der Waals surface area (Å²) in [5, 5.41) is 12.7. The Labute approximate surface area is 177 Å². The summed E-state index contributed by atoms with van der Waals surface area (Å²) in [6, 6.07) is 12.7. The maximum absolute atomic E-state index is 12.7. The molecule has 1 aromatic heterocycles. The van der Waals surface area contributed by atoms with Crippen LogP contribution in [0.25, 0.3) is 11.1 Å². The largest absolute Gasteiger partial charge is 0.417 e. The smallest absolute Gasteiger partial charge is 0.408 e. The van der Waals surface area contributed by atoms with Gasteiger partial charge in [-0.1, -0.05) is 11.6 Å². The maximum Gasteiger partial charge on any atom is 0.417 e. The number of nitrogens with one attached hydrogen (secondary N) is 2. The first-order valence-corrected chi connectivity index (χ1v) is 9.93. The summed E-state index contributed by atoms with van der Waals surface area (Å²) in [5.74, 6) is -0.515. The van der Waals surface area contributed by atoms with Gasteiger partial charge in [0.15, 0.2) is 5.58 Å². The highest BCUT2D eigenvalue weighted by atomic mass is 35.5. The highest BCUT2D eigenvalue weighted by molar-refractivity contribution is 6.31. The van der Waals surface area contributed by atoms with E-state index in [9.17, 15) is 14.9 Å². The van der Waals surface area contributed by atoms with Crippen LogP contribution in [-0.4, -0.2) is 48.0 Å². The SMILES string of the molecule is C[C@@H]1CN(c2ccc(Cl)c(C#N)c2)CCN1C(=O)CNc1ccc2[nH]c(=O)oc2c1. The highest BCUT2D eigenvalue weighted by Crippen LogP contribution is 2.25. The van der Waals surface area contributed by atoms with Crippen molar-refractivity contribution in [2.45, 2.75) is 13.0 Å². The number of hydrogen-bond donors (Lipinski definition) is 2. The van der Waals surface area contributed by atoms with E-state index in [2.05, 4.69) is 21.3 Å². The topological polar surface area (TPSA) is 105 Å². The summed E-state index contributed by atoms with van der Waals surface area (Å²) in [6.07, 6.45) is 0. The third-order valence-electron chi connectivity index (χ3n) is 5.25. The lowest BCUT2D eigenvalue weighted by Gasteiger charge is -2.41. The number of fused-ring (bicyclic) bond motifs is 1. The number of hydrogen-bond acceptors (Lipinski definition) is 6. The molecule has 3 aromatic rings. The Morgan fingerprint density at radius 3 is 2.93 bits per heavy atom. The van der Waals surface area contributed by atoms with Crippen LogP contribution in [0.1, 0.15) is 12.5 Å². The number of aromatic amines is 1. The molecule has 1 fully saturated rings. The number of benzene rings is 2. The van der Waals surface area contributed by atoms with Crippen LogP contribution in [0.15, 0.2) is 45.6 Å². The van der Waals surface area contributed by atoms with Crippen LogP contribution in [0.2, 0.25) is 5.02 Å². The van der Waals surface area contributed by atoms with Gasteiger partial charge in [0, 0.05) is 43.1 Å². The van der Waals surface area contributed by atoms with Crippen LogP contribution >= 0.6 is 11.6 Å². The monoisotopic (exact) mass is 425 g/mol. The number of amides is 1. The molecule has 8 nitrogen and oxygen atoms in total. The van der Waals surface area contributed by atoms with E-state index >= 15 is 0 Å². The number of carbonyl (C=O) groups is 1. The van der Waals surface area contributed by atoms with Crippen molar-refractivity contribution < 1.29 is 9.21 Å². The van der Waals surface area contributed by atoms with Gasteiger partial charge in [-0.05, 0) is 37.3 Å². The van der Waals surface area contributed by atoms with Gasteiger partial charge in [0.2, 0.25) is 5.91 Å². The molecule has 2 N–H and O–H groups in total. The van der Waals surface area contributed by atoms with Gasteiger partial charge in [0.05, 0.1) is 22.6 Å². The quantitative estimate of drug-likeness (QED) is 0.665. The third kappa shape index (κ3) is 3.98. The number of anilines is 2. The summed E-state index contributed by atoms with van der Waals surface area (Å²) >= 11 is 6.02. The van der Waals surface area contributed by atoms with E-state index in [1.165, 1.54) is 0 Å². The van der Waals surface area contributed by atoms with E-state index in [0.717, 1.165) is 5.69 Å².